The summed E-state index contributed by atoms with van der Waals surface area (Å²) in [6.45, 7) is 4.73. The number of Topliss-reactive ketones (excluding diaryl/α,β-unsaturated/α-hetero) is 1. The third kappa shape index (κ3) is 4.74. The van der Waals surface area contributed by atoms with E-state index in [-0.39, 0.29) is 38.2 Å². The minimum atomic E-state index is -5.19. The van der Waals surface area contributed by atoms with E-state index in [0.29, 0.717) is 11.1 Å². The van der Waals surface area contributed by atoms with Gasteiger partial charge in [-0.25, -0.2) is 4.79 Å². The number of nitrogens with one attached hydrogen (secondary N) is 1. The van der Waals surface area contributed by atoms with Gasteiger partial charge in [0.15, 0.2) is 5.78 Å². The second-order valence-electron chi connectivity index (χ2n) is 11.8. The quantitative estimate of drug-likeness (QED) is 0.161. The first-order valence-electron chi connectivity index (χ1n) is 14.7. The van der Waals surface area contributed by atoms with Crippen molar-refractivity contribution >= 4 is 56.6 Å². The Morgan fingerprint density at radius 1 is 0.956 bits per heavy atom. The number of hydrogen-bond donors (Lipinski definition) is 1. The summed E-state index contributed by atoms with van der Waals surface area (Å²) in [7, 11) is 0. The summed E-state index contributed by atoms with van der Waals surface area (Å²) in [6, 6.07) is 17.1. The molecule has 1 aliphatic heterocycles. The Morgan fingerprint density at radius 2 is 1.51 bits per heavy atom. The molecule has 5 rings (SSSR count). The molecule has 3 amide bonds. The van der Waals surface area contributed by atoms with Gasteiger partial charge in [0, 0.05) is 6.54 Å². The van der Waals surface area contributed by atoms with Crippen molar-refractivity contribution in [2.24, 2.45) is 16.7 Å². The predicted octanol–water partition coefficient (Wildman–Crippen LogP) is 5.11. The molecule has 2 fully saturated rings. The number of likely N-dealkylation sites (tertiary alicyclic amines) is 1. The van der Waals surface area contributed by atoms with Crippen LogP contribution < -0.4 is 5.32 Å². The number of allylic oxidation sites excluding steroid dienone is 2. The molecule has 0 spiro atoms. The first-order chi connectivity index (χ1) is 21.2. The van der Waals surface area contributed by atoms with E-state index in [2.05, 4.69) is 15.9 Å². The molecule has 2 bridgehead atoms. The number of rotatable bonds is 10. The second-order valence-corrected chi connectivity index (χ2v) is 13.1. The number of nitrogens with zero attached hydrogens (tertiary/aromatic N) is 1. The van der Waals surface area contributed by atoms with Crippen LogP contribution in [0.2, 0.25) is 0 Å². The molecule has 5 atom stereocenters. The largest absolute Gasteiger partial charge is 0.471 e. The van der Waals surface area contributed by atoms with Gasteiger partial charge >= 0.3 is 18.1 Å². The summed E-state index contributed by atoms with van der Waals surface area (Å²) in [5.74, 6) is -5.64. The lowest BCUT2D eigenvalue weighted by atomic mass is 9.63. The standard InChI is InChI=1S/C33H32BrF3N2O6/c1-4-45-26(41)21(38-28(43)33(35,36)37)17-11-12-18-39-25(40)24-30(2)22(19-13-7-5-8-14-19)23(20-15-9-6-10-16-20)31(3,27(30)42)32(24,34)29(39)44/h5-10,13-16,21,24H,4,11-12,17-18H2,1-3H3,(H,38,43)/t21-,24?,30?,31?,32?/m0/s1. The molecule has 0 aromatic heterocycles. The van der Waals surface area contributed by atoms with Gasteiger partial charge in [-0.1, -0.05) is 76.6 Å². The second kappa shape index (κ2) is 11.5. The van der Waals surface area contributed by atoms with Crippen LogP contribution in [0.4, 0.5) is 13.2 Å². The molecule has 1 saturated carbocycles. The Balaban J connectivity index is 1.43. The third-order valence-electron chi connectivity index (χ3n) is 9.35. The van der Waals surface area contributed by atoms with E-state index >= 15 is 0 Å². The molecule has 1 saturated heterocycles. The lowest BCUT2D eigenvalue weighted by molar-refractivity contribution is -0.176. The Hall–Kier alpha value is -3.80. The van der Waals surface area contributed by atoms with Gasteiger partial charge in [0.25, 0.3) is 0 Å². The minimum absolute atomic E-state index is 0.0913. The number of esters is 1. The fourth-order valence-corrected chi connectivity index (χ4v) is 8.67. The molecule has 45 heavy (non-hydrogen) atoms. The maximum absolute atomic E-state index is 14.5. The highest BCUT2D eigenvalue weighted by Crippen LogP contribution is 2.77. The van der Waals surface area contributed by atoms with Gasteiger partial charge in [-0.15, -0.1) is 0 Å². The summed E-state index contributed by atoms with van der Waals surface area (Å²) in [6.07, 6.45) is -5.16. The summed E-state index contributed by atoms with van der Waals surface area (Å²) in [4.78, 5) is 67.6. The van der Waals surface area contributed by atoms with Crippen LogP contribution in [0.1, 0.15) is 51.2 Å². The topological polar surface area (TPSA) is 110 Å². The Morgan fingerprint density at radius 3 is 2.04 bits per heavy atom. The van der Waals surface area contributed by atoms with Crippen LogP contribution >= 0.6 is 15.9 Å². The highest BCUT2D eigenvalue weighted by atomic mass is 79.9. The average Bonchev–Trinajstić information content (AvgIpc) is 3.38. The van der Waals surface area contributed by atoms with Gasteiger partial charge in [0.1, 0.15) is 10.4 Å². The fraction of sp³-hybridized carbons (Fsp3) is 0.424. The molecule has 0 radical (unpaired) electrons. The van der Waals surface area contributed by atoms with Crippen molar-refractivity contribution < 1.29 is 41.9 Å². The number of carbonyl (C=O) groups is 5. The van der Waals surface area contributed by atoms with Crippen LogP contribution in [-0.4, -0.2) is 64.1 Å². The average molecular weight is 690 g/mol. The van der Waals surface area contributed by atoms with Crippen LogP contribution in [0.15, 0.2) is 60.7 Å². The van der Waals surface area contributed by atoms with Crippen LogP contribution in [0, 0.1) is 16.7 Å². The van der Waals surface area contributed by atoms with Crippen molar-refractivity contribution in [2.45, 2.75) is 56.6 Å². The molecule has 1 N–H and O–H groups in total. The summed E-state index contributed by atoms with van der Waals surface area (Å²) < 4.78 is 41.8. The third-order valence-corrected chi connectivity index (χ3v) is 10.9. The number of ether oxygens (including phenoxy) is 1. The maximum atomic E-state index is 14.5. The first-order valence-corrected chi connectivity index (χ1v) is 15.5. The van der Waals surface area contributed by atoms with Crippen LogP contribution in [-0.2, 0) is 28.7 Å². The van der Waals surface area contributed by atoms with Gasteiger partial charge in [0.2, 0.25) is 11.8 Å². The van der Waals surface area contributed by atoms with Crippen LogP contribution in [0.5, 0.6) is 0 Å². The molecule has 8 nitrogen and oxygen atoms in total. The fourth-order valence-electron chi connectivity index (χ4n) is 7.42. The van der Waals surface area contributed by atoms with Crippen molar-refractivity contribution in [1.82, 2.24) is 10.2 Å². The van der Waals surface area contributed by atoms with E-state index in [1.807, 2.05) is 60.7 Å². The predicted molar refractivity (Wildman–Crippen MR) is 161 cm³/mol. The lowest BCUT2D eigenvalue weighted by Gasteiger charge is -2.41. The number of alkyl halides is 4. The van der Waals surface area contributed by atoms with Gasteiger partial charge in [0.05, 0.1) is 23.4 Å². The lowest BCUT2D eigenvalue weighted by Crippen LogP contribution is -2.50. The van der Waals surface area contributed by atoms with Gasteiger partial charge in [-0.2, -0.15) is 13.2 Å². The molecule has 1 heterocycles. The van der Waals surface area contributed by atoms with Gasteiger partial charge < -0.3 is 10.1 Å². The van der Waals surface area contributed by atoms with Crippen molar-refractivity contribution in [2.75, 3.05) is 13.2 Å². The minimum Gasteiger partial charge on any atom is -0.464 e. The summed E-state index contributed by atoms with van der Waals surface area (Å²) in [5, 5.41) is 1.66. The van der Waals surface area contributed by atoms with E-state index < -0.39 is 57.0 Å². The van der Waals surface area contributed by atoms with Crippen molar-refractivity contribution in [3.63, 3.8) is 0 Å². The molecule has 4 unspecified atom stereocenters. The summed E-state index contributed by atoms with van der Waals surface area (Å²) in [5.41, 5.74) is 0.159. The van der Waals surface area contributed by atoms with Crippen molar-refractivity contribution in [3.05, 3.63) is 71.8 Å². The van der Waals surface area contributed by atoms with E-state index in [4.69, 9.17) is 4.74 Å². The number of imide groups is 1. The highest BCUT2D eigenvalue weighted by Gasteiger charge is 2.85. The Kier molecular flexibility index (Phi) is 8.35. The molecule has 2 aliphatic carbocycles. The number of hydrogen-bond acceptors (Lipinski definition) is 6. The SMILES string of the molecule is CCOC(=O)[C@H](CCCCN1C(=O)C2C3(C)C(=O)C(C)(C(c4ccccc4)=C3c3ccccc3)C2(Br)C1=O)NC(=O)C(F)(F)F. The van der Waals surface area contributed by atoms with Crippen molar-refractivity contribution in [3.8, 4) is 0 Å². The maximum Gasteiger partial charge on any atom is 0.471 e. The van der Waals surface area contributed by atoms with Crippen LogP contribution in [0.25, 0.3) is 11.1 Å². The normalized spacial score (nSPS) is 28.0. The van der Waals surface area contributed by atoms with E-state index in [1.165, 1.54) is 6.92 Å². The number of unbranched alkanes of at least 4 members (excludes halogenated alkanes) is 1. The zero-order valence-corrected chi connectivity index (χ0v) is 26.5. The zero-order chi connectivity index (χ0) is 32.9. The molecule has 2 aromatic rings. The highest BCUT2D eigenvalue weighted by molar-refractivity contribution is 9.10. The Labute approximate surface area is 266 Å². The van der Waals surface area contributed by atoms with Crippen LogP contribution in [0.3, 0.4) is 0 Å². The monoisotopic (exact) mass is 688 g/mol. The first kappa shape index (κ1) is 32.6. The molecule has 3 aliphatic rings. The smallest absolute Gasteiger partial charge is 0.464 e. The molecule has 238 valence electrons. The van der Waals surface area contributed by atoms with E-state index in [1.54, 1.807) is 19.2 Å². The molecule has 2 aromatic carbocycles. The number of halogens is 4. The number of ketones is 1. The zero-order valence-electron chi connectivity index (χ0n) is 24.9. The number of carbonyl (C=O) groups excluding carboxylic acids is 5. The van der Waals surface area contributed by atoms with Gasteiger partial charge in [-0.3, -0.25) is 24.1 Å². The number of fused-ring (bicyclic) bond motifs is 5. The molecular formula is C33H32BrF3N2O6. The van der Waals surface area contributed by atoms with E-state index in [0.717, 1.165) is 16.0 Å². The number of benzene rings is 2. The number of amides is 3. The van der Waals surface area contributed by atoms with Crippen molar-refractivity contribution in [1.29, 1.82) is 0 Å². The Bertz CT molecular complexity index is 1600. The molecule has 12 heteroatoms. The van der Waals surface area contributed by atoms with Gasteiger partial charge in [-0.05, 0) is 62.3 Å². The summed E-state index contributed by atoms with van der Waals surface area (Å²) >= 11 is 3.68. The molecular weight excluding hydrogens is 657 g/mol. The van der Waals surface area contributed by atoms with E-state index in [9.17, 15) is 37.1 Å².